The van der Waals surface area contributed by atoms with Gasteiger partial charge in [0.2, 0.25) is 6.04 Å². The molecule has 1 aliphatic rings. The largest absolute Gasteiger partial charge is 0.292 e. The molecule has 2 aromatic rings. The molecular weight excluding hydrogens is 312 g/mol. The Morgan fingerprint density at radius 1 is 1.22 bits per heavy atom. The van der Waals surface area contributed by atoms with Crippen LogP contribution in [-0.2, 0) is 6.54 Å². The molecule has 2 unspecified atom stereocenters. The minimum atomic E-state index is -0.571. The van der Waals surface area contributed by atoms with E-state index in [2.05, 4.69) is 17.0 Å². The smallest absolute Gasteiger partial charge is 0.233 e. The maximum atomic E-state index is 11.5. The van der Waals surface area contributed by atoms with E-state index >= 15 is 0 Å². The van der Waals surface area contributed by atoms with E-state index in [1.54, 1.807) is 0 Å². The van der Waals surface area contributed by atoms with Crippen LogP contribution in [0.2, 0.25) is 5.02 Å². The standard InChI is InChI=1S/C18H19ClN2O2/c1-13-9-15(19)7-8-16(13)17-11-20(12-18(17)21(22)23)10-14-5-3-2-4-6-14/h2-9,17-18H,10-12H2,1H3. The lowest BCUT2D eigenvalue weighted by atomic mass is 9.91. The molecule has 2 aromatic carbocycles. The van der Waals surface area contributed by atoms with E-state index in [1.165, 1.54) is 5.56 Å². The Hall–Kier alpha value is -1.91. The molecular formula is C18H19ClN2O2. The molecule has 1 fully saturated rings. The molecule has 0 radical (unpaired) electrons. The number of nitrogens with zero attached hydrogens (tertiary/aromatic N) is 2. The molecule has 4 nitrogen and oxygen atoms in total. The van der Waals surface area contributed by atoms with Gasteiger partial charge in [0, 0.05) is 23.0 Å². The predicted octanol–water partition coefficient (Wildman–Crippen LogP) is 3.89. The van der Waals surface area contributed by atoms with Crippen molar-refractivity contribution in [2.45, 2.75) is 25.4 Å². The van der Waals surface area contributed by atoms with Gasteiger partial charge < -0.3 is 0 Å². The minimum Gasteiger partial charge on any atom is -0.292 e. The average molecular weight is 331 g/mol. The molecule has 0 amide bonds. The molecule has 1 saturated heterocycles. The number of likely N-dealkylation sites (tertiary alicyclic amines) is 1. The van der Waals surface area contributed by atoms with Crippen LogP contribution in [0.25, 0.3) is 0 Å². The van der Waals surface area contributed by atoms with Gasteiger partial charge in [0.15, 0.2) is 0 Å². The summed E-state index contributed by atoms with van der Waals surface area (Å²) in [5.74, 6) is -0.0917. The van der Waals surface area contributed by atoms with Crippen molar-refractivity contribution in [1.82, 2.24) is 4.90 Å². The number of nitro groups is 1. The summed E-state index contributed by atoms with van der Waals surface area (Å²) in [5, 5.41) is 12.2. The van der Waals surface area contributed by atoms with E-state index in [0.29, 0.717) is 18.1 Å². The van der Waals surface area contributed by atoms with Gasteiger partial charge in [0.1, 0.15) is 0 Å². The van der Waals surface area contributed by atoms with Crippen molar-refractivity contribution < 1.29 is 4.92 Å². The molecule has 5 heteroatoms. The Kier molecular flexibility index (Phi) is 4.64. The third kappa shape index (κ3) is 3.54. The van der Waals surface area contributed by atoms with Gasteiger partial charge in [0.25, 0.3) is 0 Å². The lowest BCUT2D eigenvalue weighted by Crippen LogP contribution is -2.28. The van der Waals surface area contributed by atoms with Gasteiger partial charge in [-0.15, -0.1) is 0 Å². The van der Waals surface area contributed by atoms with Crippen LogP contribution in [0.5, 0.6) is 0 Å². The summed E-state index contributed by atoms with van der Waals surface area (Å²) in [6.45, 7) is 3.89. The maximum Gasteiger partial charge on any atom is 0.233 e. The third-order valence-electron chi connectivity index (χ3n) is 4.52. The number of rotatable bonds is 4. The van der Waals surface area contributed by atoms with Crippen LogP contribution >= 0.6 is 11.6 Å². The van der Waals surface area contributed by atoms with Crippen LogP contribution in [0.3, 0.4) is 0 Å². The maximum absolute atomic E-state index is 11.5. The van der Waals surface area contributed by atoms with Crippen LogP contribution in [0.4, 0.5) is 0 Å². The van der Waals surface area contributed by atoms with Crippen molar-refractivity contribution in [3.63, 3.8) is 0 Å². The van der Waals surface area contributed by atoms with Crippen molar-refractivity contribution in [3.05, 3.63) is 80.4 Å². The minimum absolute atomic E-state index is 0.0917. The lowest BCUT2D eigenvalue weighted by Gasteiger charge is -2.16. The highest BCUT2D eigenvalue weighted by Gasteiger charge is 2.42. The van der Waals surface area contributed by atoms with Gasteiger partial charge in [-0.2, -0.15) is 0 Å². The van der Waals surface area contributed by atoms with Crippen molar-refractivity contribution in [3.8, 4) is 0 Å². The van der Waals surface area contributed by atoms with Crippen molar-refractivity contribution in [1.29, 1.82) is 0 Å². The second-order valence-corrected chi connectivity index (χ2v) is 6.58. The van der Waals surface area contributed by atoms with Gasteiger partial charge in [-0.1, -0.05) is 48.0 Å². The van der Waals surface area contributed by atoms with Crippen LogP contribution in [0.15, 0.2) is 48.5 Å². The molecule has 0 aromatic heterocycles. The van der Waals surface area contributed by atoms with Crippen LogP contribution in [0.1, 0.15) is 22.6 Å². The molecule has 0 saturated carbocycles. The van der Waals surface area contributed by atoms with Crippen LogP contribution in [0, 0.1) is 17.0 Å². The van der Waals surface area contributed by atoms with Crippen molar-refractivity contribution in [2.24, 2.45) is 0 Å². The van der Waals surface area contributed by atoms with Crippen molar-refractivity contribution in [2.75, 3.05) is 13.1 Å². The van der Waals surface area contributed by atoms with Gasteiger partial charge in [-0.05, 0) is 35.7 Å². The Bertz CT molecular complexity index is 705. The molecule has 0 bridgehead atoms. The lowest BCUT2D eigenvalue weighted by molar-refractivity contribution is -0.521. The number of aryl methyl sites for hydroxylation is 1. The summed E-state index contributed by atoms with van der Waals surface area (Å²) in [7, 11) is 0. The molecule has 2 atom stereocenters. The SMILES string of the molecule is Cc1cc(Cl)ccc1C1CN(Cc2ccccc2)CC1[N+](=O)[O-]. The van der Waals surface area contributed by atoms with Crippen LogP contribution in [-0.4, -0.2) is 29.0 Å². The van der Waals surface area contributed by atoms with E-state index in [1.807, 2.05) is 43.3 Å². The van der Waals surface area contributed by atoms with Gasteiger partial charge in [-0.3, -0.25) is 15.0 Å². The molecule has 1 aliphatic heterocycles. The molecule has 23 heavy (non-hydrogen) atoms. The Morgan fingerprint density at radius 2 is 1.96 bits per heavy atom. The highest BCUT2D eigenvalue weighted by Crippen LogP contribution is 2.33. The quantitative estimate of drug-likeness (QED) is 0.631. The molecule has 1 heterocycles. The first-order valence-electron chi connectivity index (χ1n) is 7.70. The zero-order valence-corrected chi connectivity index (χ0v) is 13.7. The highest BCUT2D eigenvalue weighted by atomic mass is 35.5. The fourth-order valence-corrected chi connectivity index (χ4v) is 3.64. The molecule has 0 spiro atoms. The van der Waals surface area contributed by atoms with Crippen LogP contribution < -0.4 is 0 Å². The summed E-state index contributed by atoms with van der Waals surface area (Å²) in [5.41, 5.74) is 3.24. The normalized spacial score (nSPS) is 21.5. The average Bonchev–Trinajstić information content (AvgIpc) is 2.92. The fraction of sp³-hybridized carbons (Fsp3) is 0.333. The van der Waals surface area contributed by atoms with Gasteiger partial charge >= 0.3 is 0 Å². The van der Waals surface area contributed by atoms with Crippen molar-refractivity contribution >= 4 is 11.6 Å². The monoisotopic (exact) mass is 330 g/mol. The topological polar surface area (TPSA) is 46.4 Å². The first kappa shape index (κ1) is 16.0. The number of hydrogen-bond acceptors (Lipinski definition) is 3. The van der Waals surface area contributed by atoms with E-state index < -0.39 is 6.04 Å². The van der Waals surface area contributed by atoms with Gasteiger partial charge in [-0.25, -0.2) is 0 Å². The fourth-order valence-electron chi connectivity index (χ4n) is 3.41. The zero-order chi connectivity index (χ0) is 16.4. The first-order chi connectivity index (χ1) is 11.0. The molecule has 0 aliphatic carbocycles. The third-order valence-corrected chi connectivity index (χ3v) is 4.75. The summed E-state index contributed by atoms with van der Waals surface area (Å²) in [4.78, 5) is 13.5. The van der Waals surface area contributed by atoms with Gasteiger partial charge in [0.05, 0.1) is 12.5 Å². The zero-order valence-electron chi connectivity index (χ0n) is 13.0. The Labute approximate surface area is 140 Å². The van der Waals surface area contributed by atoms with E-state index in [-0.39, 0.29) is 10.8 Å². The summed E-state index contributed by atoms with van der Waals surface area (Å²) in [6.07, 6.45) is 0. The number of hydrogen-bond donors (Lipinski definition) is 0. The van der Waals surface area contributed by atoms with E-state index in [4.69, 9.17) is 11.6 Å². The Morgan fingerprint density at radius 3 is 2.61 bits per heavy atom. The predicted molar refractivity (Wildman–Crippen MR) is 91.4 cm³/mol. The number of halogens is 1. The molecule has 3 rings (SSSR count). The second kappa shape index (κ2) is 6.69. The van der Waals surface area contributed by atoms with E-state index in [0.717, 1.165) is 17.7 Å². The Balaban J connectivity index is 1.83. The highest BCUT2D eigenvalue weighted by molar-refractivity contribution is 6.30. The molecule has 0 N–H and O–H groups in total. The second-order valence-electron chi connectivity index (χ2n) is 6.14. The molecule has 120 valence electrons. The summed E-state index contributed by atoms with van der Waals surface area (Å²) >= 11 is 6.01. The first-order valence-corrected chi connectivity index (χ1v) is 8.08. The summed E-state index contributed by atoms with van der Waals surface area (Å²) in [6, 6.07) is 15.2. The summed E-state index contributed by atoms with van der Waals surface area (Å²) < 4.78 is 0. The number of benzene rings is 2. The van der Waals surface area contributed by atoms with E-state index in [9.17, 15) is 10.1 Å².